The first-order chi connectivity index (χ1) is 7.70. The molecular weight excluding hydrogens is 228 g/mol. The van der Waals surface area contributed by atoms with Gasteiger partial charge in [-0.05, 0) is 24.9 Å². The predicted octanol–water partition coefficient (Wildman–Crippen LogP) is 2.57. The highest BCUT2D eigenvalue weighted by atomic mass is 35.5. The van der Waals surface area contributed by atoms with Gasteiger partial charge in [0.2, 0.25) is 11.2 Å². The van der Waals surface area contributed by atoms with Gasteiger partial charge in [-0.15, -0.1) is 0 Å². The highest BCUT2D eigenvalue weighted by molar-refractivity contribution is 6.28. The van der Waals surface area contributed by atoms with E-state index >= 15 is 0 Å². The fourth-order valence-corrected chi connectivity index (χ4v) is 1.68. The van der Waals surface area contributed by atoms with E-state index in [1.54, 1.807) is 6.33 Å². The van der Waals surface area contributed by atoms with E-state index < -0.39 is 0 Å². The number of nitrogens with one attached hydrogen (secondary N) is 1. The van der Waals surface area contributed by atoms with Gasteiger partial charge in [0.1, 0.15) is 5.52 Å². The second kappa shape index (κ2) is 4.65. The quantitative estimate of drug-likeness (QED) is 0.835. The summed E-state index contributed by atoms with van der Waals surface area (Å²) in [7, 11) is 0. The number of rotatable bonds is 4. The van der Waals surface area contributed by atoms with Crippen molar-refractivity contribution in [3.05, 3.63) is 11.6 Å². The van der Waals surface area contributed by atoms with Crippen LogP contribution in [0.1, 0.15) is 26.7 Å². The number of imidazole rings is 1. The predicted molar refractivity (Wildman–Crippen MR) is 61.7 cm³/mol. The van der Waals surface area contributed by atoms with Crippen LogP contribution in [-0.2, 0) is 0 Å². The molecule has 0 aliphatic rings. The van der Waals surface area contributed by atoms with Crippen molar-refractivity contribution in [3.63, 3.8) is 0 Å². The third-order valence-electron chi connectivity index (χ3n) is 2.23. The Balaban J connectivity index is 2.31. The monoisotopic (exact) mass is 240 g/mol. The zero-order valence-corrected chi connectivity index (χ0v) is 9.95. The number of aromatic amines is 1. The van der Waals surface area contributed by atoms with Crippen molar-refractivity contribution in [3.8, 4) is 5.88 Å². The van der Waals surface area contributed by atoms with Crippen molar-refractivity contribution in [1.82, 2.24) is 19.9 Å². The molecule has 0 bridgehead atoms. The highest BCUT2D eigenvalue weighted by Gasteiger charge is 2.12. The number of H-pyrrole nitrogens is 1. The Morgan fingerprint density at radius 1 is 1.50 bits per heavy atom. The third kappa shape index (κ3) is 2.24. The molecule has 16 heavy (non-hydrogen) atoms. The Morgan fingerprint density at radius 2 is 2.31 bits per heavy atom. The van der Waals surface area contributed by atoms with Crippen LogP contribution in [0.25, 0.3) is 11.2 Å². The second-order valence-corrected chi connectivity index (χ2v) is 3.95. The van der Waals surface area contributed by atoms with E-state index in [1.165, 1.54) is 0 Å². The molecule has 0 fully saturated rings. The molecule has 5 nitrogen and oxygen atoms in total. The summed E-state index contributed by atoms with van der Waals surface area (Å²) in [5, 5.41) is 0.151. The molecule has 2 rings (SSSR count). The van der Waals surface area contributed by atoms with E-state index in [0.29, 0.717) is 17.0 Å². The molecule has 0 aromatic carbocycles. The molecule has 0 saturated carbocycles. The van der Waals surface area contributed by atoms with E-state index in [4.69, 9.17) is 16.3 Å². The molecule has 0 spiro atoms. The van der Waals surface area contributed by atoms with Crippen LogP contribution in [0.3, 0.4) is 0 Å². The Labute approximate surface area is 98.2 Å². The summed E-state index contributed by atoms with van der Waals surface area (Å²) >= 11 is 5.79. The topological polar surface area (TPSA) is 63.7 Å². The summed E-state index contributed by atoms with van der Waals surface area (Å²) in [6.45, 7) is 4.11. The number of aromatic nitrogens is 4. The van der Waals surface area contributed by atoms with Crippen molar-refractivity contribution in [2.45, 2.75) is 32.8 Å². The van der Waals surface area contributed by atoms with Gasteiger partial charge in [0.25, 0.3) is 0 Å². The van der Waals surface area contributed by atoms with Crippen LogP contribution in [0.2, 0.25) is 5.28 Å². The van der Waals surface area contributed by atoms with Gasteiger partial charge in [-0.1, -0.05) is 13.3 Å². The van der Waals surface area contributed by atoms with Crippen LogP contribution in [0.4, 0.5) is 0 Å². The number of ether oxygens (including phenoxy) is 1. The van der Waals surface area contributed by atoms with E-state index in [1.807, 2.05) is 6.92 Å². The highest BCUT2D eigenvalue weighted by Crippen LogP contribution is 2.22. The fourth-order valence-electron chi connectivity index (χ4n) is 1.52. The normalized spacial score (nSPS) is 12.9. The standard InChI is InChI=1S/C10H13ClN4O/c1-3-4-6(2)16-9-7-8(13-5-12-7)14-10(11)15-9/h5-6H,3-4H2,1-2H3,(H,12,13,14,15). The molecule has 0 radical (unpaired) electrons. The molecule has 0 saturated heterocycles. The van der Waals surface area contributed by atoms with Crippen LogP contribution in [-0.4, -0.2) is 26.0 Å². The van der Waals surface area contributed by atoms with Gasteiger partial charge in [-0.25, -0.2) is 4.98 Å². The Morgan fingerprint density at radius 3 is 3.06 bits per heavy atom. The minimum Gasteiger partial charge on any atom is -0.473 e. The van der Waals surface area contributed by atoms with Crippen LogP contribution < -0.4 is 4.74 Å². The van der Waals surface area contributed by atoms with Gasteiger partial charge in [-0.2, -0.15) is 9.97 Å². The summed E-state index contributed by atoms with van der Waals surface area (Å²) in [6.07, 6.45) is 3.68. The minimum atomic E-state index is 0.0995. The molecular formula is C10H13ClN4O. The fraction of sp³-hybridized carbons (Fsp3) is 0.500. The van der Waals surface area contributed by atoms with Crippen molar-refractivity contribution in [2.24, 2.45) is 0 Å². The number of hydrogen-bond acceptors (Lipinski definition) is 4. The smallest absolute Gasteiger partial charge is 0.244 e. The van der Waals surface area contributed by atoms with E-state index in [2.05, 4.69) is 26.9 Å². The molecule has 1 N–H and O–H groups in total. The van der Waals surface area contributed by atoms with Crippen molar-refractivity contribution < 1.29 is 4.74 Å². The van der Waals surface area contributed by atoms with Crippen LogP contribution in [0.5, 0.6) is 5.88 Å². The molecule has 0 aliphatic carbocycles. The summed E-state index contributed by atoms with van der Waals surface area (Å²) in [5.41, 5.74) is 1.21. The van der Waals surface area contributed by atoms with Gasteiger partial charge in [-0.3, -0.25) is 0 Å². The number of hydrogen-bond donors (Lipinski definition) is 1. The Kier molecular flexibility index (Phi) is 3.24. The van der Waals surface area contributed by atoms with E-state index in [0.717, 1.165) is 12.8 Å². The average molecular weight is 241 g/mol. The van der Waals surface area contributed by atoms with Crippen molar-refractivity contribution in [1.29, 1.82) is 0 Å². The van der Waals surface area contributed by atoms with Crippen molar-refractivity contribution >= 4 is 22.8 Å². The largest absolute Gasteiger partial charge is 0.473 e. The van der Waals surface area contributed by atoms with Gasteiger partial charge >= 0.3 is 0 Å². The molecule has 2 aromatic rings. The lowest BCUT2D eigenvalue weighted by atomic mass is 10.2. The summed E-state index contributed by atoms with van der Waals surface area (Å²) in [5.74, 6) is 0.466. The Hall–Kier alpha value is -1.36. The minimum absolute atomic E-state index is 0.0995. The Bertz CT molecular complexity index is 485. The zero-order valence-electron chi connectivity index (χ0n) is 9.20. The number of fused-ring (bicyclic) bond motifs is 1. The van der Waals surface area contributed by atoms with Gasteiger partial charge in [0.15, 0.2) is 5.65 Å². The third-order valence-corrected chi connectivity index (χ3v) is 2.40. The lowest BCUT2D eigenvalue weighted by Gasteiger charge is -2.12. The first-order valence-electron chi connectivity index (χ1n) is 5.24. The lowest BCUT2D eigenvalue weighted by Crippen LogP contribution is -2.12. The average Bonchev–Trinajstić information content (AvgIpc) is 2.65. The maximum atomic E-state index is 5.79. The molecule has 0 aliphatic heterocycles. The molecule has 86 valence electrons. The zero-order chi connectivity index (χ0) is 11.5. The van der Waals surface area contributed by atoms with Gasteiger partial charge in [0.05, 0.1) is 12.4 Å². The maximum absolute atomic E-state index is 5.79. The summed E-state index contributed by atoms with van der Waals surface area (Å²) < 4.78 is 5.70. The van der Waals surface area contributed by atoms with Crippen LogP contribution in [0.15, 0.2) is 6.33 Å². The van der Waals surface area contributed by atoms with E-state index in [-0.39, 0.29) is 11.4 Å². The van der Waals surface area contributed by atoms with Crippen molar-refractivity contribution in [2.75, 3.05) is 0 Å². The number of halogens is 1. The van der Waals surface area contributed by atoms with Gasteiger partial charge < -0.3 is 9.72 Å². The first kappa shape index (κ1) is 11.1. The maximum Gasteiger partial charge on any atom is 0.244 e. The molecule has 1 atom stereocenters. The summed E-state index contributed by atoms with van der Waals surface area (Å²) in [4.78, 5) is 15.0. The second-order valence-electron chi connectivity index (χ2n) is 3.62. The molecule has 2 heterocycles. The first-order valence-corrected chi connectivity index (χ1v) is 5.61. The van der Waals surface area contributed by atoms with E-state index in [9.17, 15) is 0 Å². The van der Waals surface area contributed by atoms with Gasteiger partial charge in [0, 0.05) is 0 Å². The SMILES string of the molecule is CCCC(C)Oc1nc(Cl)nc2nc[nH]c12. The lowest BCUT2D eigenvalue weighted by molar-refractivity contribution is 0.204. The number of nitrogens with zero attached hydrogens (tertiary/aromatic N) is 3. The van der Waals surface area contributed by atoms with Crippen LogP contribution >= 0.6 is 11.6 Å². The van der Waals surface area contributed by atoms with Crippen LogP contribution in [0, 0.1) is 0 Å². The molecule has 2 aromatic heterocycles. The summed E-state index contributed by atoms with van der Waals surface area (Å²) in [6, 6.07) is 0. The molecule has 1 unspecified atom stereocenters. The molecule has 6 heteroatoms. The molecule has 0 amide bonds.